The molecule has 0 atom stereocenters. The van der Waals surface area contributed by atoms with Gasteiger partial charge in [0.2, 0.25) is 0 Å². The van der Waals surface area contributed by atoms with Gasteiger partial charge in [-0.05, 0) is 26.7 Å². The second kappa shape index (κ2) is 8.63. The molecule has 0 saturated carbocycles. The Balaban J connectivity index is 0.00000225. The number of aromatic amines is 1. The monoisotopic (exact) mass is 458 g/mol. The maximum absolute atomic E-state index is 4.47. The number of nitrogens with zero attached hydrogens (tertiary/aromatic N) is 6. The molecule has 2 aromatic heterocycles. The number of aromatic nitrogens is 5. The van der Waals surface area contributed by atoms with Crippen molar-refractivity contribution in [2.24, 2.45) is 12.0 Å². The van der Waals surface area contributed by atoms with E-state index in [1.807, 2.05) is 18.8 Å². The van der Waals surface area contributed by atoms with Gasteiger partial charge in [0.15, 0.2) is 5.96 Å². The summed E-state index contributed by atoms with van der Waals surface area (Å²) in [4.78, 5) is 11.0. The van der Waals surface area contributed by atoms with Crippen molar-refractivity contribution in [3.8, 4) is 0 Å². The predicted molar refractivity (Wildman–Crippen MR) is 108 cm³/mol. The predicted octanol–water partition coefficient (Wildman–Crippen LogP) is 1.73. The lowest BCUT2D eigenvalue weighted by atomic mass is 9.96. The number of aliphatic imine (C=N–C) groups is 1. The van der Waals surface area contributed by atoms with Gasteiger partial charge in [0, 0.05) is 50.9 Å². The molecule has 9 heteroatoms. The first-order valence-corrected chi connectivity index (χ1v) is 8.40. The van der Waals surface area contributed by atoms with Gasteiger partial charge in [-0.1, -0.05) is 0 Å². The van der Waals surface area contributed by atoms with E-state index in [4.69, 9.17) is 0 Å². The van der Waals surface area contributed by atoms with Crippen LogP contribution in [0.15, 0.2) is 11.3 Å². The van der Waals surface area contributed by atoms with Crippen LogP contribution in [0.4, 0.5) is 0 Å². The number of nitrogens with one attached hydrogen (secondary N) is 2. The van der Waals surface area contributed by atoms with E-state index in [0.29, 0.717) is 5.92 Å². The highest BCUT2D eigenvalue weighted by molar-refractivity contribution is 14.0. The highest BCUT2D eigenvalue weighted by Gasteiger charge is 2.24. The molecule has 138 valence electrons. The topological polar surface area (TPSA) is 87.0 Å². The van der Waals surface area contributed by atoms with Crippen LogP contribution in [0, 0.1) is 13.8 Å². The summed E-state index contributed by atoms with van der Waals surface area (Å²) < 4.78 is 1.93. The molecule has 3 rings (SSSR count). The van der Waals surface area contributed by atoms with Crippen LogP contribution < -0.4 is 5.32 Å². The summed E-state index contributed by atoms with van der Waals surface area (Å²) in [6.45, 7) is 6.84. The molecular weight excluding hydrogens is 431 g/mol. The van der Waals surface area contributed by atoms with Crippen LogP contribution in [0.25, 0.3) is 0 Å². The third-order valence-electron chi connectivity index (χ3n) is 4.91. The minimum Gasteiger partial charge on any atom is -0.352 e. The van der Waals surface area contributed by atoms with Crippen molar-refractivity contribution in [2.75, 3.05) is 20.1 Å². The highest BCUT2D eigenvalue weighted by Crippen LogP contribution is 2.25. The largest absolute Gasteiger partial charge is 0.352 e. The van der Waals surface area contributed by atoms with E-state index in [1.54, 1.807) is 6.33 Å². The standard InChI is InChI=1S/C16H26N8.HI/c1-11-14(12(2)23(4)22-11)9-18-16(17-3)24-7-5-13(6-8-24)15-19-10-20-21-15;/h10,13H,5-9H2,1-4H3,(H,17,18)(H,19,20,21);1H. The molecule has 0 unspecified atom stereocenters. The molecule has 0 aromatic carbocycles. The maximum atomic E-state index is 4.47. The molecule has 8 nitrogen and oxygen atoms in total. The summed E-state index contributed by atoms with van der Waals surface area (Å²) in [6, 6.07) is 0. The van der Waals surface area contributed by atoms with Crippen LogP contribution in [0.3, 0.4) is 0 Å². The van der Waals surface area contributed by atoms with E-state index in [9.17, 15) is 0 Å². The SMILES string of the molecule is CN=C(NCc1c(C)nn(C)c1C)N1CCC(c2ncn[nH]2)CC1.I. The minimum atomic E-state index is 0. The first kappa shape index (κ1) is 19.7. The first-order valence-electron chi connectivity index (χ1n) is 8.40. The van der Waals surface area contributed by atoms with E-state index in [0.717, 1.165) is 50.0 Å². The van der Waals surface area contributed by atoms with Crippen LogP contribution >= 0.6 is 24.0 Å². The Bertz CT molecular complexity index is 698. The van der Waals surface area contributed by atoms with E-state index >= 15 is 0 Å². The Morgan fingerprint density at radius 2 is 2.08 bits per heavy atom. The number of hydrogen-bond acceptors (Lipinski definition) is 4. The summed E-state index contributed by atoms with van der Waals surface area (Å²) in [5, 5.41) is 14.9. The zero-order valence-electron chi connectivity index (χ0n) is 15.3. The van der Waals surface area contributed by atoms with Crippen LogP contribution in [0.5, 0.6) is 0 Å². The van der Waals surface area contributed by atoms with E-state index < -0.39 is 0 Å². The fraction of sp³-hybridized carbons (Fsp3) is 0.625. The summed E-state index contributed by atoms with van der Waals surface area (Å²) in [5.74, 6) is 2.41. The van der Waals surface area contributed by atoms with Gasteiger partial charge in [0.05, 0.1) is 5.69 Å². The number of guanidine groups is 1. The van der Waals surface area contributed by atoms with Gasteiger partial charge < -0.3 is 10.2 Å². The second-order valence-corrected chi connectivity index (χ2v) is 6.31. The highest BCUT2D eigenvalue weighted by atomic mass is 127. The van der Waals surface area contributed by atoms with Crippen LogP contribution in [0.1, 0.15) is 41.5 Å². The average molecular weight is 458 g/mol. The molecule has 3 heterocycles. The van der Waals surface area contributed by atoms with Crippen molar-refractivity contribution in [3.05, 3.63) is 29.1 Å². The lowest BCUT2D eigenvalue weighted by Gasteiger charge is -2.33. The van der Waals surface area contributed by atoms with Gasteiger partial charge in [0.1, 0.15) is 12.2 Å². The number of H-pyrrole nitrogens is 1. The maximum Gasteiger partial charge on any atom is 0.193 e. The lowest BCUT2D eigenvalue weighted by Crippen LogP contribution is -2.45. The Labute approximate surface area is 165 Å². The van der Waals surface area contributed by atoms with Gasteiger partial charge in [-0.15, -0.1) is 24.0 Å². The van der Waals surface area contributed by atoms with Gasteiger partial charge in [0.25, 0.3) is 0 Å². The summed E-state index contributed by atoms with van der Waals surface area (Å²) in [7, 11) is 3.82. The van der Waals surface area contributed by atoms with Gasteiger partial charge >= 0.3 is 0 Å². The zero-order valence-corrected chi connectivity index (χ0v) is 17.6. The Hall–Kier alpha value is -1.65. The smallest absolute Gasteiger partial charge is 0.193 e. The van der Waals surface area contributed by atoms with Crippen molar-refractivity contribution in [1.29, 1.82) is 0 Å². The molecule has 2 N–H and O–H groups in total. The van der Waals surface area contributed by atoms with Gasteiger partial charge in [-0.3, -0.25) is 14.8 Å². The zero-order chi connectivity index (χ0) is 17.1. The molecule has 0 spiro atoms. The number of piperidine rings is 1. The third kappa shape index (κ3) is 4.31. The number of halogens is 1. The molecule has 1 fully saturated rings. The van der Waals surface area contributed by atoms with Crippen molar-refractivity contribution < 1.29 is 0 Å². The van der Waals surface area contributed by atoms with Crippen LogP contribution in [-0.2, 0) is 13.6 Å². The summed E-state index contributed by atoms with van der Waals surface area (Å²) >= 11 is 0. The molecular formula is C16H27IN8. The molecule has 0 radical (unpaired) electrons. The van der Waals surface area contributed by atoms with Crippen LogP contribution in [0.2, 0.25) is 0 Å². The fourth-order valence-electron chi connectivity index (χ4n) is 3.35. The average Bonchev–Trinajstić information content (AvgIpc) is 3.20. The molecule has 25 heavy (non-hydrogen) atoms. The summed E-state index contributed by atoms with van der Waals surface area (Å²) in [6.07, 6.45) is 3.70. The third-order valence-corrected chi connectivity index (χ3v) is 4.91. The second-order valence-electron chi connectivity index (χ2n) is 6.31. The Morgan fingerprint density at radius 1 is 1.36 bits per heavy atom. The molecule has 2 aromatic rings. The van der Waals surface area contributed by atoms with E-state index in [1.165, 1.54) is 11.3 Å². The van der Waals surface area contributed by atoms with Crippen molar-refractivity contribution in [1.82, 2.24) is 35.2 Å². The molecule has 1 saturated heterocycles. The number of likely N-dealkylation sites (tertiary alicyclic amines) is 1. The number of hydrogen-bond donors (Lipinski definition) is 2. The van der Waals surface area contributed by atoms with Gasteiger partial charge in [-0.25, -0.2) is 4.98 Å². The van der Waals surface area contributed by atoms with E-state index in [2.05, 4.69) is 49.3 Å². The van der Waals surface area contributed by atoms with E-state index in [-0.39, 0.29) is 24.0 Å². The molecule has 0 bridgehead atoms. The molecule has 1 aliphatic heterocycles. The Morgan fingerprint density at radius 3 is 2.60 bits per heavy atom. The normalized spacial score (nSPS) is 16.0. The molecule has 1 aliphatic rings. The van der Waals surface area contributed by atoms with Crippen LogP contribution in [-0.4, -0.2) is 56.0 Å². The van der Waals surface area contributed by atoms with Crippen molar-refractivity contribution >= 4 is 29.9 Å². The number of rotatable bonds is 3. The molecule has 0 amide bonds. The fourth-order valence-corrected chi connectivity index (χ4v) is 3.35. The van der Waals surface area contributed by atoms with Crippen molar-refractivity contribution in [2.45, 2.75) is 39.2 Å². The summed E-state index contributed by atoms with van der Waals surface area (Å²) in [5.41, 5.74) is 3.51. The lowest BCUT2D eigenvalue weighted by molar-refractivity contribution is 0.298. The molecule has 0 aliphatic carbocycles. The van der Waals surface area contributed by atoms with Crippen molar-refractivity contribution in [3.63, 3.8) is 0 Å². The quantitative estimate of drug-likeness (QED) is 0.416. The number of aryl methyl sites for hydroxylation is 2. The van der Waals surface area contributed by atoms with Gasteiger partial charge in [-0.2, -0.15) is 10.2 Å². The minimum absolute atomic E-state index is 0. The first-order chi connectivity index (χ1) is 11.6. The Kier molecular flexibility index (Phi) is 6.79.